The quantitative estimate of drug-likeness (QED) is 0.677. The lowest BCUT2D eigenvalue weighted by molar-refractivity contribution is 0.0984. The zero-order chi connectivity index (χ0) is 14.7. The molecule has 4 nitrogen and oxygen atoms in total. The predicted octanol–water partition coefficient (Wildman–Crippen LogP) is 3.47. The summed E-state index contributed by atoms with van der Waals surface area (Å²) < 4.78 is 2.54. The molecule has 21 heavy (non-hydrogen) atoms. The largest absolute Gasteiger partial charge is 0.341 e. The Hall–Kier alpha value is -1.98. The van der Waals surface area contributed by atoms with E-state index in [4.69, 9.17) is 11.6 Å². The summed E-state index contributed by atoms with van der Waals surface area (Å²) in [5.74, 6) is 0.0417. The smallest absolute Gasteiger partial charge is 0.186 e. The van der Waals surface area contributed by atoms with Crippen molar-refractivity contribution in [1.82, 2.24) is 14.5 Å². The van der Waals surface area contributed by atoms with E-state index in [0.717, 1.165) is 10.6 Å². The Morgan fingerprint density at radius 2 is 2.10 bits per heavy atom. The molecule has 3 aromatic heterocycles. The maximum absolute atomic E-state index is 12.4. The summed E-state index contributed by atoms with van der Waals surface area (Å²) in [6.07, 6.45) is 7.25. The number of halogens is 1. The fourth-order valence-corrected chi connectivity index (χ4v) is 3.04. The second-order valence-corrected chi connectivity index (χ2v) is 6.28. The molecule has 106 valence electrons. The van der Waals surface area contributed by atoms with Gasteiger partial charge >= 0.3 is 0 Å². The molecular weight excluding hydrogens is 306 g/mol. The van der Waals surface area contributed by atoms with Gasteiger partial charge in [-0.05, 0) is 29.8 Å². The van der Waals surface area contributed by atoms with Crippen LogP contribution in [0.2, 0.25) is 4.34 Å². The lowest BCUT2D eigenvalue weighted by Gasteiger charge is -2.08. The van der Waals surface area contributed by atoms with Crippen molar-refractivity contribution in [3.63, 3.8) is 0 Å². The number of aromatic nitrogens is 3. The van der Waals surface area contributed by atoms with Gasteiger partial charge in [0.25, 0.3) is 0 Å². The van der Waals surface area contributed by atoms with Crippen LogP contribution >= 0.6 is 22.9 Å². The number of thiazole rings is 1. The van der Waals surface area contributed by atoms with E-state index in [9.17, 15) is 4.79 Å². The molecule has 3 heterocycles. The van der Waals surface area contributed by atoms with Gasteiger partial charge in [0.1, 0.15) is 9.34 Å². The molecule has 6 heteroatoms. The number of carbonyl (C=O) groups excluding carboxylic acids is 1. The molecule has 0 aromatic carbocycles. The number of rotatable bonds is 5. The van der Waals surface area contributed by atoms with Crippen LogP contribution in [0.25, 0.3) is 0 Å². The van der Waals surface area contributed by atoms with Gasteiger partial charge < -0.3 is 4.57 Å². The third-order valence-corrected chi connectivity index (χ3v) is 4.17. The lowest BCUT2D eigenvalue weighted by atomic mass is 10.2. The zero-order valence-electron chi connectivity index (χ0n) is 11.1. The second kappa shape index (κ2) is 6.20. The van der Waals surface area contributed by atoms with E-state index < -0.39 is 0 Å². The van der Waals surface area contributed by atoms with Gasteiger partial charge in [-0.2, -0.15) is 0 Å². The van der Waals surface area contributed by atoms with Crippen LogP contribution in [0.3, 0.4) is 0 Å². The van der Waals surface area contributed by atoms with Crippen molar-refractivity contribution in [2.75, 3.05) is 0 Å². The molecule has 0 aliphatic heterocycles. The fraction of sp³-hybridized carbons (Fsp3) is 0.133. The first-order valence-electron chi connectivity index (χ1n) is 6.40. The summed E-state index contributed by atoms with van der Waals surface area (Å²) in [5.41, 5.74) is 1.78. The van der Waals surface area contributed by atoms with Crippen LogP contribution < -0.4 is 0 Å². The van der Waals surface area contributed by atoms with Crippen LogP contribution in [0.1, 0.15) is 21.1 Å². The van der Waals surface area contributed by atoms with Crippen LogP contribution in [0, 0.1) is 0 Å². The first-order valence-corrected chi connectivity index (χ1v) is 7.59. The molecule has 0 aliphatic carbocycles. The predicted molar refractivity (Wildman–Crippen MR) is 82.9 cm³/mol. The van der Waals surface area contributed by atoms with Crippen molar-refractivity contribution >= 4 is 28.7 Å². The molecule has 0 unspecified atom stereocenters. The van der Waals surface area contributed by atoms with Crippen LogP contribution in [0.15, 0.2) is 49.1 Å². The Morgan fingerprint density at radius 1 is 1.29 bits per heavy atom. The van der Waals surface area contributed by atoms with Crippen molar-refractivity contribution in [2.24, 2.45) is 0 Å². The van der Waals surface area contributed by atoms with E-state index in [1.54, 1.807) is 18.6 Å². The molecule has 0 atom stereocenters. The lowest BCUT2D eigenvalue weighted by Crippen LogP contribution is -2.11. The Balaban J connectivity index is 1.77. The Kier molecular flexibility index (Phi) is 4.13. The summed E-state index contributed by atoms with van der Waals surface area (Å²) in [7, 11) is 0. The van der Waals surface area contributed by atoms with Gasteiger partial charge in [-0.15, -0.1) is 11.3 Å². The summed E-state index contributed by atoms with van der Waals surface area (Å²) in [6.45, 7) is 0.648. The van der Waals surface area contributed by atoms with Crippen LogP contribution in [-0.4, -0.2) is 20.3 Å². The van der Waals surface area contributed by atoms with Crippen molar-refractivity contribution in [3.8, 4) is 0 Å². The number of nitrogens with zero attached hydrogens (tertiary/aromatic N) is 3. The monoisotopic (exact) mass is 317 g/mol. The molecule has 0 spiro atoms. The van der Waals surface area contributed by atoms with E-state index in [0.29, 0.717) is 16.6 Å². The fourth-order valence-electron chi connectivity index (χ4n) is 2.09. The normalized spacial score (nSPS) is 10.7. The standard InChI is InChI=1S/C15H12ClN3OS/c16-14-9-18-15(21-14)8-13(20)12-2-1-7-19(12)10-11-3-5-17-6-4-11/h1-7,9H,8,10H2. The van der Waals surface area contributed by atoms with E-state index >= 15 is 0 Å². The van der Waals surface area contributed by atoms with Gasteiger partial charge in [0, 0.05) is 25.1 Å². The molecule has 0 fully saturated rings. The molecular formula is C15H12ClN3OS. The van der Waals surface area contributed by atoms with Gasteiger partial charge in [0.2, 0.25) is 0 Å². The van der Waals surface area contributed by atoms with Crippen molar-refractivity contribution < 1.29 is 4.79 Å². The van der Waals surface area contributed by atoms with Crippen molar-refractivity contribution in [2.45, 2.75) is 13.0 Å². The molecule has 0 radical (unpaired) electrons. The Morgan fingerprint density at radius 3 is 2.81 bits per heavy atom. The van der Waals surface area contributed by atoms with Crippen LogP contribution in [0.4, 0.5) is 0 Å². The molecule has 0 amide bonds. The van der Waals surface area contributed by atoms with Gasteiger partial charge in [-0.25, -0.2) is 4.98 Å². The van der Waals surface area contributed by atoms with E-state index in [2.05, 4.69) is 9.97 Å². The highest BCUT2D eigenvalue weighted by atomic mass is 35.5. The SMILES string of the molecule is O=C(Cc1ncc(Cl)s1)c1cccn1Cc1ccncc1. The van der Waals surface area contributed by atoms with Gasteiger partial charge in [-0.1, -0.05) is 11.6 Å². The molecule has 0 saturated heterocycles. The number of hydrogen-bond acceptors (Lipinski definition) is 4. The second-order valence-electron chi connectivity index (χ2n) is 4.53. The summed E-state index contributed by atoms with van der Waals surface area (Å²) in [5, 5.41) is 0.738. The first kappa shape index (κ1) is 14.0. The van der Waals surface area contributed by atoms with Crippen molar-refractivity contribution in [1.29, 1.82) is 0 Å². The number of Topliss-reactive ketones (excluding diaryl/α,β-unsaturated/α-hetero) is 1. The minimum absolute atomic E-state index is 0.0417. The number of carbonyl (C=O) groups is 1. The summed E-state index contributed by atoms with van der Waals surface area (Å²) in [4.78, 5) is 20.5. The van der Waals surface area contributed by atoms with Crippen LogP contribution in [-0.2, 0) is 13.0 Å². The maximum Gasteiger partial charge on any atom is 0.186 e. The third kappa shape index (κ3) is 3.37. The van der Waals surface area contributed by atoms with Crippen molar-refractivity contribution in [3.05, 3.63) is 69.7 Å². The molecule has 3 aromatic rings. The van der Waals surface area contributed by atoms with E-state index in [1.165, 1.54) is 11.3 Å². The molecule has 3 rings (SSSR count). The van der Waals surface area contributed by atoms with Gasteiger partial charge in [0.05, 0.1) is 18.3 Å². The van der Waals surface area contributed by atoms with Crippen LogP contribution in [0.5, 0.6) is 0 Å². The maximum atomic E-state index is 12.4. The molecule has 0 bridgehead atoms. The molecule has 0 N–H and O–H groups in total. The highest BCUT2D eigenvalue weighted by molar-refractivity contribution is 7.15. The zero-order valence-corrected chi connectivity index (χ0v) is 12.6. The molecule has 0 saturated carbocycles. The van der Waals surface area contributed by atoms with E-state index in [1.807, 2.05) is 35.0 Å². The average molecular weight is 318 g/mol. The first-order chi connectivity index (χ1) is 10.2. The van der Waals surface area contributed by atoms with Gasteiger partial charge in [-0.3, -0.25) is 9.78 Å². The summed E-state index contributed by atoms with van der Waals surface area (Å²) in [6, 6.07) is 7.59. The topological polar surface area (TPSA) is 47.8 Å². The van der Waals surface area contributed by atoms with E-state index in [-0.39, 0.29) is 12.2 Å². The number of ketones is 1. The number of hydrogen-bond donors (Lipinski definition) is 0. The minimum atomic E-state index is 0.0417. The third-order valence-electron chi connectivity index (χ3n) is 3.05. The average Bonchev–Trinajstić information content (AvgIpc) is 3.09. The van der Waals surface area contributed by atoms with Gasteiger partial charge in [0.15, 0.2) is 5.78 Å². The molecule has 0 aliphatic rings. The Labute approximate surface area is 131 Å². The Bertz CT molecular complexity index is 751. The minimum Gasteiger partial charge on any atom is -0.341 e. The summed E-state index contributed by atoms with van der Waals surface area (Å²) >= 11 is 7.18. The highest BCUT2D eigenvalue weighted by Gasteiger charge is 2.14. The highest BCUT2D eigenvalue weighted by Crippen LogP contribution is 2.20. The number of pyridine rings is 1.